The molecular formula is C32H27O2P. The molecule has 0 radical (unpaired) electrons. The first-order valence-electron chi connectivity index (χ1n) is 11.9. The van der Waals surface area contributed by atoms with Crippen molar-refractivity contribution < 1.29 is 9.26 Å². The molecule has 1 heterocycles. The van der Waals surface area contributed by atoms with E-state index in [2.05, 4.69) is 127 Å². The van der Waals surface area contributed by atoms with E-state index in [1.54, 1.807) is 7.11 Å². The van der Waals surface area contributed by atoms with Crippen LogP contribution in [0.2, 0.25) is 0 Å². The Morgan fingerprint density at radius 2 is 1.00 bits per heavy atom. The fraction of sp³-hybridized carbons (Fsp3) is 0.0625. The summed E-state index contributed by atoms with van der Waals surface area (Å²) in [5.74, 6) is 0.840. The van der Waals surface area contributed by atoms with Crippen LogP contribution in [0.4, 0.5) is 0 Å². The number of fused-ring (bicyclic) bond motifs is 1. The Morgan fingerprint density at radius 1 is 0.543 bits per heavy atom. The molecule has 0 aliphatic carbocycles. The Kier molecular flexibility index (Phi) is 5.29. The van der Waals surface area contributed by atoms with E-state index in [0.717, 1.165) is 11.3 Å². The van der Waals surface area contributed by atoms with E-state index in [1.165, 1.54) is 26.8 Å². The summed E-state index contributed by atoms with van der Waals surface area (Å²) < 4.78 is 13.2. The van der Waals surface area contributed by atoms with Crippen LogP contribution in [0.25, 0.3) is 0 Å². The molecule has 172 valence electrons. The summed E-state index contributed by atoms with van der Waals surface area (Å²) in [6, 6.07) is 49.5. The maximum absolute atomic E-state index is 7.71. The molecule has 5 aromatic carbocycles. The minimum atomic E-state index is -3.56. The van der Waals surface area contributed by atoms with Gasteiger partial charge in [-0.3, -0.25) is 0 Å². The van der Waals surface area contributed by atoms with Crippen LogP contribution in [-0.4, -0.2) is 7.11 Å². The van der Waals surface area contributed by atoms with E-state index in [0.29, 0.717) is 0 Å². The number of hydrogen-bond acceptors (Lipinski definition) is 2. The van der Waals surface area contributed by atoms with Crippen LogP contribution < -0.4 is 26.0 Å². The summed E-state index contributed by atoms with van der Waals surface area (Å²) in [4.78, 5) is 0. The van der Waals surface area contributed by atoms with Gasteiger partial charge in [-0.05, 0) is 0 Å². The average molecular weight is 475 g/mol. The summed E-state index contributed by atoms with van der Waals surface area (Å²) >= 11 is 0. The van der Waals surface area contributed by atoms with Crippen LogP contribution in [0.15, 0.2) is 140 Å². The molecule has 0 bridgehead atoms. The number of rotatable bonds is 5. The molecule has 0 saturated carbocycles. The van der Waals surface area contributed by atoms with E-state index in [4.69, 9.17) is 9.26 Å². The summed E-state index contributed by atoms with van der Waals surface area (Å²) in [5, 5.41) is 4.89. The zero-order valence-corrected chi connectivity index (χ0v) is 20.5. The molecule has 1 unspecified atom stereocenters. The van der Waals surface area contributed by atoms with Gasteiger partial charge in [-0.25, -0.2) is 0 Å². The average Bonchev–Trinajstić information content (AvgIpc) is 3.28. The van der Waals surface area contributed by atoms with Crippen molar-refractivity contribution in [1.29, 1.82) is 0 Å². The van der Waals surface area contributed by atoms with Gasteiger partial charge in [0.1, 0.15) is 0 Å². The molecule has 1 atom stereocenters. The Hall–Kier alpha value is -3.71. The first-order valence-corrected chi connectivity index (χ1v) is 14.0. The Balaban J connectivity index is 1.77. The summed E-state index contributed by atoms with van der Waals surface area (Å²) in [5.41, 5.74) is 2.33. The Bertz CT molecular complexity index is 1350. The standard InChI is InChI=1S/C32H27O2P/c1-33-26-23-21-25(22-24-26)32-30-19-11-12-20-31(30)35(34-32,27-13-5-2-6-14-27,28-15-7-3-8-16-28)29-17-9-4-10-18-29/h2-24,32H,1H3. The van der Waals surface area contributed by atoms with Gasteiger partial charge in [0.25, 0.3) is 0 Å². The zero-order valence-electron chi connectivity index (χ0n) is 19.6. The van der Waals surface area contributed by atoms with Gasteiger partial charge in [-0.1, -0.05) is 0 Å². The Labute approximate surface area is 206 Å². The van der Waals surface area contributed by atoms with Crippen molar-refractivity contribution in [3.8, 4) is 5.75 Å². The van der Waals surface area contributed by atoms with Gasteiger partial charge in [-0.15, -0.1) is 0 Å². The van der Waals surface area contributed by atoms with Crippen LogP contribution in [0.5, 0.6) is 5.75 Å². The monoisotopic (exact) mass is 474 g/mol. The van der Waals surface area contributed by atoms with E-state index in [1.807, 2.05) is 12.1 Å². The first-order chi connectivity index (χ1) is 17.3. The fourth-order valence-corrected chi connectivity index (χ4v) is 11.8. The second-order valence-electron chi connectivity index (χ2n) is 8.86. The molecule has 3 heteroatoms. The normalized spacial score (nSPS) is 18.7. The van der Waals surface area contributed by atoms with Gasteiger partial charge in [0.2, 0.25) is 0 Å². The third-order valence-electron chi connectivity index (χ3n) is 7.16. The predicted octanol–water partition coefficient (Wildman–Crippen LogP) is 5.88. The molecule has 0 aromatic heterocycles. The molecule has 0 N–H and O–H groups in total. The van der Waals surface area contributed by atoms with Crippen molar-refractivity contribution in [2.75, 3.05) is 7.11 Å². The van der Waals surface area contributed by atoms with Crippen molar-refractivity contribution in [2.24, 2.45) is 0 Å². The third kappa shape index (κ3) is 3.04. The van der Waals surface area contributed by atoms with Gasteiger partial charge in [-0.2, -0.15) is 0 Å². The predicted molar refractivity (Wildman–Crippen MR) is 147 cm³/mol. The van der Waals surface area contributed by atoms with Crippen molar-refractivity contribution in [3.05, 3.63) is 151 Å². The summed E-state index contributed by atoms with van der Waals surface area (Å²) in [6.45, 7) is -3.56. The molecule has 5 aromatic rings. The van der Waals surface area contributed by atoms with Crippen LogP contribution in [0, 0.1) is 0 Å². The van der Waals surface area contributed by atoms with E-state index < -0.39 is 6.83 Å². The van der Waals surface area contributed by atoms with E-state index in [9.17, 15) is 0 Å². The van der Waals surface area contributed by atoms with Crippen molar-refractivity contribution in [1.82, 2.24) is 0 Å². The maximum atomic E-state index is 7.71. The number of ether oxygens (including phenoxy) is 1. The van der Waals surface area contributed by atoms with E-state index >= 15 is 0 Å². The first kappa shape index (κ1) is 21.8. The third-order valence-corrected chi connectivity index (χ3v) is 13.0. The van der Waals surface area contributed by atoms with Crippen LogP contribution in [0.3, 0.4) is 0 Å². The second-order valence-corrected chi connectivity index (χ2v) is 13.2. The van der Waals surface area contributed by atoms with Gasteiger partial charge < -0.3 is 0 Å². The zero-order chi connectivity index (χ0) is 23.7. The van der Waals surface area contributed by atoms with Crippen molar-refractivity contribution in [3.63, 3.8) is 0 Å². The van der Waals surface area contributed by atoms with Gasteiger partial charge in [0, 0.05) is 0 Å². The second kappa shape index (κ2) is 8.50. The van der Waals surface area contributed by atoms with Gasteiger partial charge in [0.15, 0.2) is 0 Å². The molecule has 0 fully saturated rings. The molecule has 0 amide bonds. The van der Waals surface area contributed by atoms with Crippen LogP contribution >= 0.6 is 6.83 Å². The molecule has 1 aliphatic heterocycles. The van der Waals surface area contributed by atoms with Crippen molar-refractivity contribution >= 4 is 28.0 Å². The number of hydrogen-bond donors (Lipinski definition) is 0. The molecule has 0 spiro atoms. The van der Waals surface area contributed by atoms with Crippen LogP contribution in [0.1, 0.15) is 17.2 Å². The summed E-state index contributed by atoms with van der Waals surface area (Å²) in [6.07, 6.45) is -0.213. The van der Waals surface area contributed by atoms with E-state index in [-0.39, 0.29) is 6.10 Å². The van der Waals surface area contributed by atoms with Crippen LogP contribution in [-0.2, 0) is 4.52 Å². The Morgan fingerprint density at radius 3 is 1.49 bits per heavy atom. The van der Waals surface area contributed by atoms with Gasteiger partial charge in [0.05, 0.1) is 0 Å². The number of methoxy groups -OCH3 is 1. The molecule has 1 aliphatic rings. The molecule has 2 nitrogen and oxygen atoms in total. The minimum absolute atomic E-state index is 0.213. The summed E-state index contributed by atoms with van der Waals surface area (Å²) in [7, 11) is 1.70. The molecular weight excluding hydrogens is 447 g/mol. The number of benzene rings is 5. The molecule has 35 heavy (non-hydrogen) atoms. The van der Waals surface area contributed by atoms with Gasteiger partial charge >= 0.3 is 207 Å². The molecule has 0 saturated heterocycles. The topological polar surface area (TPSA) is 18.5 Å². The molecule has 6 rings (SSSR count). The fourth-order valence-electron chi connectivity index (χ4n) is 5.63. The van der Waals surface area contributed by atoms with Crippen molar-refractivity contribution in [2.45, 2.75) is 6.10 Å². The quantitative estimate of drug-likeness (QED) is 0.296. The SMILES string of the molecule is COc1ccc(C2OP(c3ccccc3)(c3ccccc3)(c3ccccc3)c3ccccc32)cc1.